The van der Waals surface area contributed by atoms with Crippen LogP contribution in [0, 0.1) is 5.82 Å². The van der Waals surface area contributed by atoms with Gasteiger partial charge in [0, 0.05) is 6.54 Å². The van der Waals surface area contributed by atoms with Crippen LogP contribution in [0.25, 0.3) is 0 Å². The van der Waals surface area contributed by atoms with E-state index in [9.17, 15) is 9.18 Å². The Hall–Kier alpha value is -1.46. The quantitative estimate of drug-likeness (QED) is 0.734. The predicted octanol–water partition coefficient (Wildman–Crippen LogP) is 2.10. The Labute approximate surface area is 126 Å². The summed E-state index contributed by atoms with van der Waals surface area (Å²) in [6.07, 6.45) is 2.05. The summed E-state index contributed by atoms with van der Waals surface area (Å²) in [5.74, 6) is -0.373. The highest BCUT2D eigenvalue weighted by Crippen LogP contribution is 2.12. The maximum absolute atomic E-state index is 12.9. The first-order chi connectivity index (χ1) is 10.1. The van der Waals surface area contributed by atoms with E-state index in [1.807, 2.05) is 11.8 Å². The van der Waals surface area contributed by atoms with Crippen LogP contribution in [0.3, 0.4) is 0 Å². The number of aliphatic hydroxyl groups is 1. The van der Waals surface area contributed by atoms with E-state index in [2.05, 4.69) is 12.2 Å². The smallest absolute Gasteiger partial charge is 0.234 e. The molecule has 0 spiro atoms. The van der Waals surface area contributed by atoms with Crippen molar-refractivity contribution in [2.45, 2.75) is 32.7 Å². The van der Waals surface area contributed by atoms with Crippen molar-refractivity contribution in [3.05, 3.63) is 35.6 Å². The second-order valence-corrected chi connectivity index (χ2v) is 5.19. The number of nitrogens with one attached hydrogen (secondary N) is 1. The lowest BCUT2D eigenvalue weighted by atomic mass is 10.1. The zero-order chi connectivity index (χ0) is 15.7. The molecule has 1 atom stereocenters. The Morgan fingerprint density at radius 3 is 2.57 bits per heavy atom. The van der Waals surface area contributed by atoms with Crippen molar-refractivity contribution >= 4 is 5.91 Å². The summed E-state index contributed by atoms with van der Waals surface area (Å²) in [7, 11) is 0. The van der Waals surface area contributed by atoms with Gasteiger partial charge in [0.05, 0.1) is 19.2 Å². The fourth-order valence-electron chi connectivity index (χ4n) is 2.12. The molecule has 0 saturated carbocycles. The van der Waals surface area contributed by atoms with Crippen molar-refractivity contribution in [3.63, 3.8) is 0 Å². The topological polar surface area (TPSA) is 52.6 Å². The average molecular weight is 296 g/mol. The molecule has 2 N–H and O–H groups in total. The number of amides is 1. The van der Waals surface area contributed by atoms with E-state index in [0.29, 0.717) is 6.54 Å². The normalized spacial score (nSPS) is 12.4. The number of carbonyl (C=O) groups excluding carboxylic acids is 1. The molecule has 0 fully saturated rings. The Balaban J connectivity index is 2.48. The van der Waals surface area contributed by atoms with Crippen LogP contribution in [0.5, 0.6) is 0 Å². The SMILES string of the molecule is CCCCN(CCO)CC(=O)NC(C)c1ccc(F)cc1. The van der Waals surface area contributed by atoms with Crippen molar-refractivity contribution < 1.29 is 14.3 Å². The molecule has 1 aromatic rings. The summed E-state index contributed by atoms with van der Waals surface area (Å²) in [6, 6.07) is 5.94. The summed E-state index contributed by atoms with van der Waals surface area (Å²) in [4.78, 5) is 14.0. The molecule has 1 aromatic carbocycles. The number of nitrogens with zero attached hydrogens (tertiary/aromatic N) is 1. The van der Waals surface area contributed by atoms with Gasteiger partial charge in [-0.2, -0.15) is 0 Å². The number of rotatable bonds is 9. The van der Waals surface area contributed by atoms with Gasteiger partial charge in [-0.05, 0) is 37.6 Å². The predicted molar refractivity (Wildman–Crippen MR) is 81.4 cm³/mol. The summed E-state index contributed by atoms with van der Waals surface area (Å²) in [5.41, 5.74) is 0.868. The number of hydrogen-bond acceptors (Lipinski definition) is 3. The van der Waals surface area contributed by atoms with Gasteiger partial charge in [-0.1, -0.05) is 25.5 Å². The van der Waals surface area contributed by atoms with Crippen LogP contribution >= 0.6 is 0 Å². The lowest BCUT2D eigenvalue weighted by Crippen LogP contribution is -2.40. The zero-order valence-electron chi connectivity index (χ0n) is 12.8. The van der Waals surface area contributed by atoms with Gasteiger partial charge in [-0.25, -0.2) is 4.39 Å². The van der Waals surface area contributed by atoms with E-state index in [-0.39, 0.29) is 30.9 Å². The van der Waals surface area contributed by atoms with E-state index >= 15 is 0 Å². The Kier molecular flexibility index (Phi) is 7.93. The van der Waals surface area contributed by atoms with Gasteiger partial charge in [0.15, 0.2) is 0 Å². The number of hydrogen-bond donors (Lipinski definition) is 2. The Morgan fingerprint density at radius 2 is 2.00 bits per heavy atom. The van der Waals surface area contributed by atoms with E-state index < -0.39 is 0 Å². The molecule has 0 radical (unpaired) electrons. The van der Waals surface area contributed by atoms with Crippen LogP contribution < -0.4 is 5.32 Å². The van der Waals surface area contributed by atoms with Gasteiger partial charge in [-0.3, -0.25) is 9.69 Å². The van der Waals surface area contributed by atoms with Crippen LogP contribution in [0.4, 0.5) is 4.39 Å². The van der Waals surface area contributed by atoms with E-state index in [4.69, 9.17) is 5.11 Å². The lowest BCUT2D eigenvalue weighted by Gasteiger charge is -2.22. The van der Waals surface area contributed by atoms with Gasteiger partial charge in [-0.15, -0.1) is 0 Å². The van der Waals surface area contributed by atoms with E-state index in [1.165, 1.54) is 12.1 Å². The first-order valence-corrected chi connectivity index (χ1v) is 7.44. The standard InChI is InChI=1S/C16H25FN2O2/c1-3-4-9-19(10-11-20)12-16(21)18-13(2)14-5-7-15(17)8-6-14/h5-8,13,20H,3-4,9-12H2,1-2H3,(H,18,21). The van der Waals surface area contributed by atoms with Crippen LogP contribution in [0.15, 0.2) is 24.3 Å². The van der Waals surface area contributed by atoms with Crippen LogP contribution in [-0.2, 0) is 4.79 Å². The number of carbonyl (C=O) groups is 1. The first kappa shape index (κ1) is 17.6. The molecular weight excluding hydrogens is 271 g/mol. The molecule has 4 nitrogen and oxygen atoms in total. The maximum Gasteiger partial charge on any atom is 0.234 e. The summed E-state index contributed by atoms with van der Waals surface area (Å²) in [5, 5.41) is 11.9. The molecule has 1 unspecified atom stereocenters. The van der Waals surface area contributed by atoms with Crippen molar-refractivity contribution in [2.75, 3.05) is 26.2 Å². The first-order valence-electron chi connectivity index (χ1n) is 7.44. The van der Waals surface area contributed by atoms with Crippen molar-refractivity contribution in [3.8, 4) is 0 Å². The fourth-order valence-corrected chi connectivity index (χ4v) is 2.12. The van der Waals surface area contributed by atoms with Crippen LogP contribution in [0.1, 0.15) is 38.3 Å². The number of halogens is 1. The van der Waals surface area contributed by atoms with E-state index in [0.717, 1.165) is 24.9 Å². The molecule has 0 aliphatic carbocycles. The molecule has 0 aliphatic heterocycles. The second kappa shape index (κ2) is 9.47. The fraction of sp³-hybridized carbons (Fsp3) is 0.562. The minimum atomic E-state index is -0.286. The monoisotopic (exact) mass is 296 g/mol. The highest BCUT2D eigenvalue weighted by Gasteiger charge is 2.13. The molecule has 0 heterocycles. The maximum atomic E-state index is 12.9. The molecule has 1 amide bonds. The van der Waals surface area contributed by atoms with Gasteiger partial charge in [0.25, 0.3) is 0 Å². The molecule has 5 heteroatoms. The molecule has 0 aliphatic rings. The zero-order valence-corrected chi connectivity index (χ0v) is 12.8. The minimum absolute atomic E-state index is 0.0461. The second-order valence-electron chi connectivity index (χ2n) is 5.19. The van der Waals surface area contributed by atoms with Gasteiger partial charge < -0.3 is 10.4 Å². The third-order valence-electron chi connectivity index (χ3n) is 3.36. The van der Waals surface area contributed by atoms with Crippen LogP contribution in [0.2, 0.25) is 0 Å². The lowest BCUT2D eigenvalue weighted by molar-refractivity contribution is -0.123. The molecule has 0 bridgehead atoms. The van der Waals surface area contributed by atoms with Crippen LogP contribution in [-0.4, -0.2) is 42.2 Å². The molecule has 0 saturated heterocycles. The van der Waals surface area contributed by atoms with Gasteiger partial charge >= 0.3 is 0 Å². The minimum Gasteiger partial charge on any atom is -0.395 e. The summed E-state index contributed by atoms with van der Waals surface area (Å²) >= 11 is 0. The van der Waals surface area contributed by atoms with E-state index in [1.54, 1.807) is 12.1 Å². The molecular formula is C16H25FN2O2. The van der Waals surface area contributed by atoms with Crippen molar-refractivity contribution in [1.29, 1.82) is 0 Å². The molecule has 0 aromatic heterocycles. The number of aliphatic hydroxyl groups excluding tert-OH is 1. The largest absolute Gasteiger partial charge is 0.395 e. The third kappa shape index (κ3) is 6.69. The molecule has 1 rings (SSSR count). The van der Waals surface area contributed by atoms with Gasteiger partial charge in [0.2, 0.25) is 5.91 Å². The summed E-state index contributed by atoms with van der Waals surface area (Å²) < 4.78 is 12.9. The van der Waals surface area contributed by atoms with Crippen molar-refractivity contribution in [1.82, 2.24) is 10.2 Å². The van der Waals surface area contributed by atoms with Gasteiger partial charge in [0.1, 0.15) is 5.82 Å². The Morgan fingerprint density at radius 1 is 1.33 bits per heavy atom. The number of benzene rings is 1. The Bertz CT molecular complexity index is 423. The third-order valence-corrected chi connectivity index (χ3v) is 3.36. The number of unbranched alkanes of at least 4 members (excludes halogenated alkanes) is 1. The highest BCUT2D eigenvalue weighted by atomic mass is 19.1. The molecule has 21 heavy (non-hydrogen) atoms. The molecule has 118 valence electrons. The average Bonchev–Trinajstić information content (AvgIpc) is 2.45. The summed E-state index contributed by atoms with van der Waals surface area (Å²) in [6.45, 7) is 5.58. The highest BCUT2D eigenvalue weighted by molar-refractivity contribution is 5.78. The van der Waals surface area contributed by atoms with Crippen molar-refractivity contribution in [2.24, 2.45) is 0 Å².